The molecule has 0 heteroatoms. The standard InChI is InChI=1S/C32H30/c1-24-21-25(2)32(26(3)22-24)31(29-17-11-6-12-18-29)23-30(28-15-9-5-10-16-28)20-19-27-13-7-4-8-14-27/h4-23,30H,1-3H3/b20-19+,31-23+. The van der Waals surface area contributed by atoms with Crippen LogP contribution >= 0.6 is 0 Å². The van der Waals surface area contributed by atoms with Gasteiger partial charge in [-0.25, -0.2) is 0 Å². The zero-order valence-electron chi connectivity index (χ0n) is 19.1. The molecule has 0 saturated heterocycles. The van der Waals surface area contributed by atoms with E-state index in [4.69, 9.17) is 0 Å². The number of hydrogen-bond donors (Lipinski definition) is 0. The van der Waals surface area contributed by atoms with Crippen LogP contribution < -0.4 is 0 Å². The molecule has 4 rings (SSSR count). The molecule has 0 saturated carbocycles. The van der Waals surface area contributed by atoms with Crippen molar-refractivity contribution in [3.8, 4) is 0 Å². The molecule has 32 heavy (non-hydrogen) atoms. The molecule has 1 unspecified atom stereocenters. The highest BCUT2D eigenvalue weighted by Crippen LogP contribution is 2.34. The summed E-state index contributed by atoms with van der Waals surface area (Å²) in [5.41, 5.74) is 10.3. The molecule has 0 N–H and O–H groups in total. The molecular formula is C32H30. The molecule has 0 aromatic heterocycles. The molecule has 0 fully saturated rings. The molecular weight excluding hydrogens is 384 g/mol. The van der Waals surface area contributed by atoms with Gasteiger partial charge in [-0.05, 0) is 59.7 Å². The summed E-state index contributed by atoms with van der Waals surface area (Å²) < 4.78 is 0. The lowest BCUT2D eigenvalue weighted by Crippen LogP contribution is -2.00. The van der Waals surface area contributed by atoms with Crippen LogP contribution in [0.3, 0.4) is 0 Å². The zero-order chi connectivity index (χ0) is 22.3. The monoisotopic (exact) mass is 414 g/mol. The molecule has 158 valence electrons. The van der Waals surface area contributed by atoms with E-state index < -0.39 is 0 Å². The summed E-state index contributed by atoms with van der Waals surface area (Å²) in [6.07, 6.45) is 6.97. The van der Waals surface area contributed by atoms with Gasteiger partial charge in [-0.15, -0.1) is 0 Å². The molecule has 0 aliphatic rings. The molecule has 0 spiro atoms. The van der Waals surface area contributed by atoms with Gasteiger partial charge in [-0.1, -0.05) is 127 Å². The molecule has 0 nitrogen and oxygen atoms in total. The fraction of sp³-hybridized carbons (Fsp3) is 0.125. The van der Waals surface area contributed by atoms with Gasteiger partial charge < -0.3 is 0 Å². The van der Waals surface area contributed by atoms with Gasteiger partial charge in [-0.2, -0.15) is 0 Å². The van der Waals surface area contributed by atoms with Crippen LogP contribution in [0.15, 0.2) is 115 Å². The molecule has 0 amide bonds. The van der Waals surface area contributed by atoms with Gasteiger partial charge in [0, 0.05) is 5.92 Å². The van der Waals surface area contributed by atoms with Gasteiger partial charge in [0.25, 0.3) is 0 Å². The van der Waals surface area contributed by atoms with Crippen molar-refractivity contribution in [1.82, 2.24) is 0 Å². The van der Waals surface area contributed by atoms with Gasteiger partial charge >= 0.3 is 0 Å². The van der Waals surface area contributed by atoms with Crippen LogP contribution in [0.1, 0.15) is 44.9 Å². The third kappa shape index (κ3) is 5.15. The second-order valence-corrected chi connectivity index (χ2v) is 8.43. The highest BCUT2D eigenvalue weighted by molar-refractivity contribution is 5.84. The Bertz CT molecular complexity index is 1190. The van der Waals surface area contributed by atoms with Crippen LogP contribution in [0.5, 0.6) is 0 Å². The summed E-state index contributed by atoms with van der Waals surface area (Å²) in [5.74, 6) is 0.159. The second kappa shape index (κ2) is 10.1. The molecule has 4 aromatic rings. The van der Waals surface area contributed by atoms with Crippen molar-refractivity contribution in [2.45, 2.75) is 26.7 Å². The summed E-state index contributed by atoms with van der Waals surface area (Å²) in [6, 6.07) is 36.6. The Balaban J connectivity index is 1.89. The van der Waals surface area contributed by atoms with Crippen molar-refractivity contribution in [1.29, 1.82) is 0 Å². The van der Waals surface area contributed by atoms with Gasteiger partial charge in [0.2, 0.25) is 0 Å². The number of benzene rings is 4. The van der Waals surface area contributed by atoms with Crippen LogP contribution in [0.2, 0.25) is 0 Å². The number of aryl methyl sites for hydroxylation is 3. The van der Waals surface area contributed by atoms with Crippen molar-refractivity contribution in [2.75, 3.05) is 0 Å². The maximum absolute atomic E-state index is 2.43. The number of hydrogen-bond acceptors (Lipinski definition) is 0. The van der Waals surface area contributed by atoms with E-state index in [2.05, 4.69) is 142 Å². The van der Waals surface area contributed by atoms with Crippen molar-refractivity contribution in [2.24, 2.45) is 0 Å². The third-order valence-electron chi connectivity index (χ3n) is 5.86. The number of rotatable bonds is 6. The lowest BCUT2D eigenvalue weighted by Gasteiger charge is -2.19. The normalized spacial score (nSPS) is 12.8. The average molecular weight is 415 g/mol. The summed E-state index contributed by atoms with van der Waals surface area (Å²) in [5, 5.41) is 0. The molecule has 0 heterocycles. The molecule has 1 atom stereocenters. The third-order valence-corrected chi connectivity index (χ3v) is 5.86. The van der Waals surface area contributed by atoms with Crippen LogP contribution in [-0.4, -0.2) is 0 Å². The summed E-state index contributed by atoms with van der Waals surface area (Å²) in [7, 11) is 0. The van der Waals surface area contributed by atoms with Gasteiger partial charge in [0.05, 0.1) is 0 Å². The lowest BCUT2D eigenvalue weighted by atomic mass is 9.85. The van der Waals surface area contributed by atoms with E-state index in [0.29, 0.717) is 0 Å². The van der Waals surface area contributed by atoms with Gasteiger partial charge in [0.1, 0.15) is 0 Å². The lowest BCUT2D eigenvalue weighted by molar-refractivity contribution is 1.09. The summed E-state index contributed by atoms with van der Waals surface area (Å²) in [4.78, 5) is 0. The minimum Gasteiger partial charge on any atom is -0.0726 e. The van der Waals surface area contributed by atoms with Crippen LogP contribution in [0.25, 0.3) is 11.6 Å². The highest BCUT2D eigenvalue weighted by Gasteiger charge is 2.15. The first-order valence-corrected chi connectivity index (χ1v) is 11.3. The van der Waals surface area contributed by atoms with Crippen molar-refractivity contribution >= 4 is 11.6 Å². The van der Waals surface area contributed by atoms with E-state index in [-0.39, 0.29) is 5.92 Å². The second-order valence-electron chi connectivity index (χ2n) is 8.43. The van der Waals surface area contributed by atoms with E-state index in [0.717, 1.165) is 0 Å². The van der Waals surface area contributed by atoms with Crippen LogP contribution in [-0.2, 0) is 0 Å². The minimum atomic E-state index is 0.159. The fourth-order valence-electron chi connectivity index (χ4n) is 4.44. The van der Waals surface area contributed by atoms with E-state index >= 15 is 0 Å². The predicted molar refractivity (Wildman–Crippen MR) is 139 cm³/mol. The molecule has 0 radical (unpaired) electrons. The predicted octanol–water partition coefficient (Wildman–Crippen LogP) is 8.54. The zero-order valence-corrected chi connectivity index (χ0v) is 19.1. The highest BCUT2D eigenvalue weighted by atomic mass is 14.2. The molecule has 4 aromatic carbocycles. The van der Waals surface area contributed by atoms with Crippen LogP contribution in [0.4, 0.5) is 0 Å². The number of allylic oxidation sites excluding steroid dienone is 2. The Morgan fingerprint density at radius 2 is 1.19 bits per heavy atom. The maximum Gasteiger partial charge on any atom is 0.0211 e. The first-order chi connectivity index (χ1) is 15.6. The quantitative estimate of drug-likeness (QED) is 0.296. The summed E-state index contributed by atoms with van der Waals surface area (Å²) in [6.45, 7) is 6.62. The average Bonchev–Trinajstić information content (AvgIpc) is 2.82. The van der Waals surface area contributed by atoms with E-state index in [1.165, 1.54) is 44.5 Å². The van der Waals surface area contributed by atoms with Crippen molar-refractivity contribution in [3.05, 3.63) is 154 Å². The fourth-order valence-corrected chi connectivity index (χ4v) is 4.44. The smallest absolute Gasteiger partial charge is 0.0211 e. The Labute approximate surface area is 192 Å². The Morgan fingerprint density at radius 1 is 0.656 bits per heavy atom. The Kier molecular flexibility index (Phi) is 6.82. The minimum absolute atomic E-state index is 0.159. The Hall–Kier alpha value is -3.64. The van der Waals surface area contributed by atoms with Crippen molar-refractivity contribution < 1.29 is 0 Å². The van der Waals surface area contributed by atoms with E-state index in [1.807, 2.05) is 0 Å². The van der Waals surface area contributed by atoms with Gasteiger partial charge in [-0.3, -0.25) is 0 Å². The molecule has 0 aliphatic carbocycles. The van der Waals surface area contributed by atoms with Crippen LogP contribution in [0, 0.1) is 20.8 Å². The molecule has 0 aliphatic heterocycles. The van der Waals surface area contributed by atoms with E-state index in [9.17, 15) is 0 Å². The van der Waals surface area contributed by atoms with E-state index in [1.54, 1.807) is 0 Å². The van der Waals surface area contributed by atoms with Gasteiger partial charge in [0.15, 0.2) is 0 Å². The van der Waals surface area contributed by atoms with Crippen molar-refractivity contribution in [3.63, 3.8) is 0 Å². The summed E-state index contributed by atoms with van der Waals surface area (Å²) >= 11 is 0. The topological polar surface area (TPSA) is 0 Å². The largest absolute Gasteiger partial charge is 0.0726 e. The Morgan fingerprint density at radius 3 is 1.78 bits per heavy atom. The molecule has 0 bridgehead atoms. The first kappa shape index (κ1) is 21.6. The first-order valence-electron chi connectivity index (χ1n) is 11.3. The maximum atomic E-state index is 2.43. The SMILES string of the molecule is Cc1cc(C)c(/C(=C/C(/C=C/c2ccccc2)c2ccccc2)c2ccccc2)c(C)c1.